The SMILES string of the molecule is CNCC(C)C(=O)NCc1nccn1CC(C)C.Cl.Cl. The summed E-state index contributed by atoms with van der Waals surface area (Å²) in [6, 6.07) is 0. The van der Waals surface area contributed by atoms with E-state index in [1.165, 1.54) is 0 Å². The van der Waals surface area contributed by atoms with Crippen molar-refractivity contribution in [2.45, 2.75) is 33.9 Å². The number of hydrogen-bond donors (Lipinski definition) is 2. The molecule has 7 heteroatoms. The van der Waals surface area contributed by atoms with Gasteiger partial charge in [0.05, 0.1) is 6.54 Å². The average Bonchev–Trinajstić information content (AvgIpc) is 2.72. The second-order valence-electron chi connectivity index (χ2n) is 5.07. The monoisotopic (exact) mass is 324 g/mol. The third-order valence-electron chi connectivity index (χ3n) is 2.74. The summed E-state index contributed by atoms with van der Waals surface area (Å²) in [6.45, 7) is 8.34. The minimum atomic E-state index is -0.0245. The minimum Gasteiger partial charge on any atom is -0.349 e. The number of imidazole rings is 1. The van der Waals surface area contributed by atoms with Crippen LogP contribution in [0.25, 0.3) is 0 Å². The molecule has 1 aromatic heterocycles. The summed E-state index contributed by atoms with van der Waals surface area (Å²) in [5, 5.41) is 5.92. The number of carbonyl (C=O) groups is 1. The van der Waals surface area contributed by atoms with Gasteiger partial charge in [-0.3, -0.25) is 4.79 Å². The second kappa shape index (κ2) is 10.9. The molecule has 2 N–H and O–H groups in total. The van der Waals surface area contributed by atoms with Gasteiger partial charge in [0.25, 0.3) is 0 Å². The van der Waals surface area contributed by atoms with Crippen molar-refractivity contribution in [1.82, 2.24) is 20.2 Å². The standard InChI is InChI=1S/C13H24N4O.2ClH/c1-10(2)9-17-6-5-15-12(17)8-16-13(18)11(3)7-14-4;;/h5-6,10-11,14H,7-9H2,1-4H3,(H,16,18);2*1H. The molecule has 5 nitrogen and oxygen atoms in total. The van der Waals surface area contributed by atoms with Crippen molar-refractivity contribution >= 4 is 30.7 Å². The van der Waals surface area contributed by atoms with Gasteiger partial charge < -0.3 is 15.2 Å². The van der Waals surface area contributed by atoms with Gasteiger partial charge in [-0.15, -0.1) is 24.8 Å². The fourth-order valence-electron chi connectivity index (χ4n) is 1.81. The lowest BCUT2D eigenvalue weighted by Gasteiger charge is -2.13. The molecule has 1 amide bonds. The summed E-state index contributed by atoms with van der Waals surface area (Å²) in [5.74, 6) is 1.51. The van der Waals surface area contributed by atoms with Crippen LogP contribution in [-0.2, 0) is 17.9 Å². The van der Waals surface area contributed by atoms with Crippen molar-refractivity contribution in [3.05, 3.63) is 18.2 Å². The zero-order chi connectivity index (χ0) is 13.5. The van der Waals surface area contributed by atoms with Crippen molar-refractivity contribution in [2.75, 3.05) is 13.6 Å². The first-order valence-corrected chi connectivity index (χ1v) is 6.47. The Morgan fingerprint density at radius 2 is 2.00 bits per heavy atom. The van der Waals surface area contributed by atoms with Crippen molar-refractivity contribution in [3.63, 3.8) is 0 Å². The molecule has 1 aromatic rings. The highest BCUT2D eigenvalue weighted by Gasteiger charge is 2.12. The van der Waals surface area contributed by atoms with Crippen LogP contribution in [0, 0.1) is 11.8 Å². The molecule has 0 aliphatic carbocycles. The predicted octanol–water partition coefficient (Wildman–Crippen LogP) is 1.85. The zero-order valence-electron chi connectivity index (χ0n) is 12.5. The number of halogens is 2. The largest absolute Gasteiger partial charge is 0.349 e. The first-order chi connectivity index (χ1) is 8.54. The molecule has 20 heavy (non-hydrogen) atoms. The van der Waals surface area contributed by atoms with Gasteiger partial charge in [-0.2, -0.15) is 0 Å². The Labute approximate surface area is 133 Å². The topological polar surface area (TPSA) is 59.0 Å². The van der Waals surface area contributed by atoms with Crippen LogP contribution < -0.4 is 10.6 Å². The Balaban J connectivity index is 0. The summed E-state index contributed by atoms with van der Waals surface area (Å²) in [5.41, 5.74) is 0. The highest BCUT2D eigenvalue weighted by Crippen LogP contribution is 2.04. The highest BCUT2D eigenvalue weighted by atomic mass is 35.5. The maximum absolute atomic E-state index is 11.8. The first-order valence-electron chi connectivity index (χ1n) is 6.47. The molecule has 0 aliphatic heterocycles. The number of rotatable bonds is 7. The summed E-state index contributed by atoms with van der Waals surface area (Å²) < 4.78 is 2.09. The molecule has 0 saturated carbocycles. The molecule has 1 unspecified atom stereocenters. The number of nitrogens with zero attached hydrogens (tertiary/aromatic N) is 2. The molecular weight excluding hydrogens is 299 g/mol. The minimum absolute atomic E-state index is 0. The van der Waals surface area contributed by atoms with Gasteiger partial charge in [-0.1, -0.05) is 20.8 Å². The maximum Gasteiger partial charge on any atom is 0.224 e. The Hall–Kier alpha value is -0.780. The van der Waals surface area contributed by atoms with Gasteiger partial charge in [0, 0.05) is 31.4 Å². The Morgan fingerprint density at radius 1 is 1.35 bits per heavy atom. The summed E-state index contributed by atoms with van der Waals surface area (Å²) in [7, 11) is 1.85. The number of aromatic nitrogens is 2. The van der Waals surface area contributed by atoms with E-state index in [1.807, 2.05) is 20.2 Å². The van der Waals surface area contributed by atoms with Gasteiger partial charge in [0.15, 0.2) is 0 Å². The summed E-state index contributed by atoms with van der Waals surface area (Å²) in [6.07, 6.45) is 3.74. The van der Waals surface area contributed by atoms with Gasteiger partial charge in [0.2, 0.25) is 5.91 Å². The van der Waals surface area contributed by atoms with Gasteiger partial charge >= 0.3 is 0 Å². The Bertz CT molecular complexity index is 382. The van der Waals surface area contributed by atoms with E-state index in [0.717, 1.165) is 12.4 Å². The van der Waals surface area contributed by atoms with E-state index >= 15 is 0 Å². The van der Waals surface area contributed by atoms with Crippen LogP contribution in [0.4, 0.5) is 0 Å². The molecule has 0 aliphatic rings. The van der Waals surface area contributed by atoms with Crippen molar-refractivity contribution in [2.24, 2.45) is 11.8 Å². The summed E-state index contributed by atoms with van der Waals surface area (Å²) >= 11 is 0. The molecule has 1 heterocycles. The van der Waals surface area contributed by atoms with E-state index < -0.39 is 0 Å². The molecule has 0 radical (unpaired) electrons. The molecule has 0 fully saturated rings. The van der Waals surface area contributed by atoms with Crippen LogP contribution in [0.2, 0.25) is 0 Å². The van der Waals surface area contributed by atoms with Crippen LogP contribution in [0.15, 0.2) is 12.4 Å². The molecule has 1 atom stereocenters. The van der Waals surface area contributed by atoms with Crippen molar-refractivity contribution < 1.29 is 4.79 Å². The van der Waals surface area contributed by atoms with Crippen LogP contribution >= 0.6 is 24.8 Å². The van der Waals surface area contributed by atoms with E-state index in [4.69, 9.17) is 0 Å². The third kappa shape index (κ3) is 7.12. The van der Waals surface area contributed by atoms with E-state index in [0.29, 0.717) is 19.0 Å². The highest BCUT2D eigenvalue weighted by molar-refractivity contribution is 5.85. The fraction of sp³-hybridized carbons (Fsp3) is 0.692. The van der Waals surface area contributed by atoms with E-state index in [2.05, 4.69) is 34.0 Å². The third-order valence-corrected chi connectivity index (χ3v) is 2.74. The lowest BCUT2D eigenvalue weighted by molar-refractivity contribution is -0.124. The van der Waals surface area contributed by atoms with Crippen LogP contribution in [0.5, 0.6) is 0 Å². The van der Waals surface area contributed by atoms with Crippen LogP contribution in [-0.4, -0.2) is 29.1 Å². The average molecular weight is 325 g/mol. The van der Waals surface area contributed by atoms with Gasteiger partial charge in [-0.25, -0.2) is 4.98 Å². The van der Waals surface area contributed by atoms with Crippen LogP contribution in [0.1, 0.15) is 26.6 Å². The molecule has 0 saturated heterocycles. The number of amides is 1. The van der Waals surface area contributed by atoms with E-state index in [-0.39, 0.29) is 36.6 Å². The summed E-state index contributed by atoms with van der Waals surface area (Å²) in [4.78, 5) is 16.1. The number of hydrogen-bond acceptors (Lipinski definition) is 3. The Morgan fingerprint density at radius 3 is 2.55 bits per heavy atom. The Kier molecular flexibility index (Phi) is 11.8. The second-order valence-corrected chi connectivity index (χ2v) is 5.07. The lowest BCUT2D eigenvalue weighted by atomic mass is 10.1. The smallest absolute Gasteiger partial charge is 0.224 e. The molecule has 0 aromatic carbocycles. The molecule has 1 rings (SSSR count). The predicted molar refractivity (Wildman–Crippen MR) is 86.5 cm³/mol. The van der Waals surface area contributed by atoms with E-state index in [1.54, 1.807) is 6.20 Å². The van der Waals surface area contributed by atoms with Gasteiger partial charge in [0.1, 0.15) is 5.82 Å². The normalized spacial score (nSPS) is 11.4. The first kappa shape index (κ1) is 21.5. The molecule has 118 valence electrons. The fourth-order valence-corrected chi connectivity index (χ4v) is 1.81. The lowest BCUT2D eigenvalue weighted by Crippen LogP contribution is -2.34. The van der Waals surface area contributed by atoms with E-state index in [9.17, 15) is 4.79 Å². The quantitative estimate of drug-likeness (QED) is 0.804. The zero-order valence-corrected chi connectivity index (χ0v) is 14.2. The molecule has 0 bridgehead atoms. The molecule has 0 spiro atoms. The van der Waals surface area contributed by atoms with Crippen molar-refractivity contribution in [3.8, 4) is 0 Å². The maximum atomic E-state index is 11.8. The van der Waals surface area contributed by atoms with Gasteiger partial charge in [-0.05, 0) is 13.0 Å². The number of carbonyl (C=O) groups excluding carboxylic acids is 1. The van der Waals surface area contributed by atoms with Crippen molar-refractivity contribution in [1.29, 1.82) is 0 Å². The van der Waals surface area contributed by atoms with Crippen LogP contribution in [0.3, 0.4) is 0 Å². The number of nitrogens with one attached hydrogen (secondary N) is 2. The molecular formula is C13H26Cl2N4O.